The lowest BCUT2D eigenvalue weighted by atomic mass is 10.2. The van der Waals surface area contributed by atoms with Crippen molar-refractivity contribution in [2.24, 2.45) is 5.73 Å². The number of nitrogens with zero attached hydrogens (tertiary/aromatic N) is 3. The first kappa shape index (κ1) is 19.5. The number of para-hydroxylation sites is 1. The second-order valence-electron chi connectivity index (χ2n) is 3.74. The van der Waals surface area contributed by atoms with Gasteiger partial charge in [-0.3, -0.25) is 25.0 Å². The number of hydrogen-bond acceptors (Lipinski definition) is 7. The van der Waals surface area contributed by atoms with Crippen LogP contribution < -0.4 is 10.5 Å². The van der Waals surface area contributed by atoms with Crippen LogP contribution in [0, 0.1) is 20.2 Å². The van der Waals surface area contributed by atoms with Crippen LogP contribution in [0.4, 0.5) is 16.2 Å². The van der Waals surface area contributed by atoms with E-state index in [-0.39, 0.29) is 10.9 Å². The molecule has 0 saturated carbocycles. The van der Waals surface area contributed by atoms with Gasteiger partial charge >= 0.3 is 11.4 Å². The molecule has 0 bridgehead atoms. The van der Waals surface area contributed by atoms with Gasteiger partial charge in [-0.15, -0.1) is 0 Å². The SMILES string of the molecule is CN(C)C(=S)Oc1cccc([N+](=O)[O-])c1[N+](=O)[O-].NC(=O)S. The van der Waals surface area contributed by atoms with Gasteiger partial charge in [0.2, 0.25) is 5.75 Å². The Bertz CT molecular complexity index is 603. The van der Waals surface area contributed by atoms with Crippen LogP contribution >= 0.6 is 24.8 Å². The molecule has 1 amide bonds. The minimum atomic E-state index is -0.869. The van der Waals surface area contributed by atoms with Crippen LogP contribution in [-0.2, 0) is 0 Å². The van der Waals surface area contributed by atoms with Gasteiger partial charge in [0, 0.05) is 20.2 Å². The molecule has 2 N–H and O–H groups in total. The molecule has 0 saturated heterocycles. The lowest BCUT2D eigenvalue weighted by molar-refractivity contribution is -0.422. The minimum absolute atomic E-state index is 0.0291. The Morgan fingerprint density at radius 2 is 1.82 bits per heavy atom. The van der Waals surface area contributed by atoms with Crippen LogP contribution in [0.25, 0.3) is 0 Å². The Balaban J connectivity index is 0.000000980. The summed E-state index contributed by atoms with van der Waals surface area (Å²) in [5.41, 5.74) is 2.98. The van der Waals surface area contributed by atoms with Gasteiger partial charge in [-0.2, -0.15) is 0 Å². The first-order valence-electron chi connectivity index (χ1n) is 5.37. The number of ether oxygens (including phenoxy) is 1. The fourth-order valence-corrected chi connectivity index (χ4v) is 1.20. The maximum Gasteiger partial charge on any atom is 0.388 e. The lowest BCUT2D eigenvalue weighted by Gasteiger charge is -2.13. The summed E-state index contributed by atoms with van der Waals surface area (Å²) in [6.45, 7) is 0. The summed E-state index contributed by atoms with van der Waals surface area (Å²) in [7, 11) is 3.18. The molecule has 0 aliphatic heterocycles. The van der Waals surface area contributed by atoms with Crippen molar-refractivity contribution < 1.29 is 19.4 Å². The second-order valence-corrected chi connectivity index (χ2v) is 4.53. The Hall–Kier alpha value is -2.47. The molecular formula is C10H12N4O6S2. The number of carbonyl (C=O) groups excluding carboxylic acids is 1. The summed E-state index contributed by atoms with van der Waals surface area (Å²) < 4.78 is 5.07. The third-order valence-corrected chi connectivity index (χ3v) is 2.37. The fraction of sp³-hybridized carbons (Fsp3) is 0.200. The van der Waals surface area contributed by atoms with Crippen molar-refractivity contribution in [3.63, 3.8) is 0 Å². The third-order valence-electron chi connectivity index (χ3n) is 1.92. The highest BCUT2D eigenvalue weighted by atomic mass is 32.1. The van der Waals surface area contributed by atoms with E-state index < -0.39 is 26.5 Å². The number of hydrogen-bond donors (Lipinski definition) is 2. The number of benzene rings is 1. The number of thiocarbonyl (C=S) groups is 1. The summed E-state index contributed by atoms with van der Waals surface area (Å²) in [4.78, 5) is 30.4. The van der Waals surface area contributed by atoms with Gasteiger partial charge in [0.25, 0.3) is 10.4 Å². The predicted octanol–water partition coefficient (Wildman–Crippen LogP) is 1.72. The van der Waals surface area contributed by atoms with Crippen LogP contribution in [0.5, 0.6) is 5.75 Å². The van der Waals surface area contributed by atoms with E-state index in [9.17, 15) is 20.2 Å². The van der Waals surface area contributed by atoms with Crippen molar-refractivity contribution in [1.82, 2.24) is 4.90 Å². The summed E-state index contributed by atoms with van der Waals surface area (Å²) in [6, 6.07) is 3.57. The fourth-order valence-electron chi connectivity index (χ4n) is 1.11. The molecule has 0 heterocycles. The van der Waals surface area contributed by atoms with Crippen LogP contribution in [0.15, 0.2) is 18.2 Å². The van der Waals surface area contributed by atoms with E-state index in [2.05, 4.69) is 18.4 Å². The lowest BCUT2D eigenvalue weighted by Crippen LogP contribution is -2.25. The zero-order chi connectivity index (χ0) is 17.4. The van der Waals surface area contributed by atoms with Crippen molar-refractivity contribution in [2.75, 3.05) is 14.1 Å². The van der Waals surface area contributed by atoms with Gasteiger partial charge in [0.15, 0.2) is 0 Å². The molecule has 1 aromatic carbocycles. The van der Waals surface area contributed by atoms with Gasteiger partial charge in [0.05, 0.1) is 9.85 Å². The van der Waals surface area contributed by atoms with Gasteiger partial charge < -0.3 is 15.4 Å². The molecule has 0 spiro atoms. The smallest absolute Gasteiger partial charge is 0.388 e. The van der Waals surface area contributed by atoms with Gasteiger partial charge in [-0.25, -0.2) is 0 Å². The molecule has 1 aromatic rings. The van der Waals surface area contributed by atoms with Crippen LogP contribution in [-0.4, -0.2) is 39.3 Å². The van der Waals surface area contributed by atoms with E-state index in [1.165, 1.54) is 17.0 Å². The predicted molar refractivity (Wildman–Crippen MR) is 85.2 cm³/mol. The maximum absolute atomic E-state index is 10.9. The number of primary amides is 1. The van der Waals surface area contributed by atoms with E-state index >= 15 is 0 Å². The summed E-state index contributed by atoms with van der Waals surface area (Å²) in [6.07, 6.45) is 0. The summed E-state index contributed by atoms with van der Waals surface area (Å²) in [5.74, 6) is -0.257. The van der Waals surface area contributed by atoms with Crippen LogP contribution in [0.1, 0.15) is 0 Å². The topological polar surface area (TPSA) is 142 Å². The highest BCUT2D eigenvalue weighted by Crippen LogP contribution is 2.36. The number of amides is 1. The highest BCUT2D eigenvalue weighted by molar-refractivity contribution is 7.96. The van der Waals surface area contributed by atoms with E-state index in [0.29, 0.717) is 0 Å². The normalized spacial score (nSPS) is 9.05. The monoisotopic (exact) mass is 348 g/mol. The molecule has 0 atom stereocenters. The average molecular weight is 348 g/mol. The number of nitro benzene ring substituents is 2. The quantitative estimate of drug-likeness (QED) is 0.364. The molecular weight excluding hydrogens is 336 g/mol. The first-order valence-corrected chi connectivity index (χ1v) is 6.22. The molecule has 1 rings (SSSR count). The Morgan fingerprint density at radius 3 is 2.18 bits per heavy atom. The van der Waals surface area contributed by atoms with Crippen molar-refractivity contribution in [2.45, 2.75) is 0 Å². The molecule has 0 fully saturated rings. The van der Waals surface area contributed by atoms with Crippen molar-refractivity contribution >= 4 is 46.6 Å². The third kappa shape index (κ3) is 6.32. The van der Waals surface area contributed by atoms with Crippen LogP contribution in [0.3, 0.4) is 0 Å². The van der Waals surface area contributed by atoms with E-state index in [4.69, 9.17) is 21.7 Å². The van der Waals surface area contributed by atoms with E-state index in [1.807, 2.05) is 0 Å². The summed E-state index contributed by atoms with van der Waals surface area (Å²) in [5, 5.41) is 20.9. The number of carbonyl (C=O) groups is 1. The second kappa shape index (κ2) is 8.74. The van der Waals surface area contributed by atoms with Crippen LogP contribution in [0.2, 0.25) is 0 Å². The van der Waals surface area contributed by atoms with Crippen molar-refractivity contribution in [1.29, 1.82) is 0 Å². The summed E-state index contributed by atoms with van der Waals surface area (Å²) >= 11 is 7.93. The van der Waals surface area contributed by atoms with Gasteiger partial charge in [0.1, 0.15) is 0 Å². The number of rotatable bonds is 3. The molecule has 12 heteroatoms. The Labute approximate surface area is 135 Å². The number of nitro groups is 2. The molecule has 10 nitrogen and oxygen atoms in total. The Morgan fingerprint density at radius 1 is 1.32 bits per heavy atom. The number of thiol groups is 1. The molecule has 0 aliphatic carbocycles. The van der Waals surface area contributed by atoms with Crippen molar-refractivity contribution in [3.05, 3.63) is 38.4 Å². The van der Waals surface area contributed by atoms with Gasteiger partial charge in [-0.05, 0) is 18.3 Å². The zero-order valence-corrected chi connectivity index (χ0v) is 13.2. The zero-order valence-electron chi connectivity index (χ0n) is 11.5. The molecule has 120 valence electrons. The standard InChI is InChI=1S/C9H9N3O5S.CH3NOS/c1-10(2)9(18)17-7-5-3-4-6(11(13)14)8(7)12(15)16;2-1(3)4/h3-5H,1-2H3;(H3,2,3,4). The van der Waals surface area contributed by atoms with Crippen molar-refractivity contribution in [3.8, 4) is 5.75 Å². The van der Waals surface area contributed by atoms with E-state index in [1.54, 1.807) is 14.1 Å². The molecule has 22 heavy (non-hydrogen) atoms. The minimum Gasteiger partial charge on any atom is -0.424 e. The van der Waals surface area contributed by atoms with Gasteiger partial charge in [-0.1, -0.05) is 18.7 Å². The maximum atomic E-state index is 10.9. The number of nitrogens with two attached hydrogens (primary N) is 1. The highest BCUT2D eigenvalue weighted by Gasteiger charge is 2.30. The average Bonchev–Trinajstić information content (AvgIpc) is 2.37. The largest absolute Gasteiger partial charge is 0.424 e. The molecule has 0 aromatic heterocycles. The van der Waals surface area contributed by atoms with E-state index in [0.717, 1.165) is 6.07 Å². The molecule has 0 unspecified atom stereocenters. The molecule has 0 aliphatic rings. The first-order chi connectivity index (χ1) is 10.1. The molecule has 0 radical (unpaired) electrons. The Kier molecular flexibility index (Phi) is 7.76.